The summed E-state index contributed by atoms with van der Waals surface area (Å²) in [6.07, 6.45) is 3.41. The molecule has 1 fully saturated rings. The quantitative estimate of drug-likeness (QED) is 0.832. The molecule has 0 aliphatic carbocycles. The molecule has 2 unspecified atom stereocenters. The summed E-state index contributed by atoms with van der Waals surface area (Å²) in [5.41, 5.74) is 0.582. The van der Waals surface area contributed by atoms with Crippen LogP contribution in [0.3, 0.4) is 0 Å². The van der Waals surface area contributed by atoms with Crippen LogP contribution in [0.15, 0.2) is 24.4 Å². The molecule has 0 spiro atoms. The standard InChI is InChI=1S/C16H24N2O2/c1-12-8-10-18(15(19)20-16(2,3)4)14(12)11-13-7-5-6-9-17-13/h5-7,9,12,14H,8,10-11H2,1-4H3. The smallest absolute Gasteiger partial charge is 0.410 e. The first-order valence-corrected chi connectivity index (χ1v) is 7.26. The van der Waals surface area contributed by atoms with Crippen LogP contribution in [-0.2, 0) is 11.2 Å². The average molecular weight is 276 g/mol. The molecular weight excluding hydrogens is 252 g/mol. The summed E-state index contributed by atoms with van der Waals surface area (Å²) in [5, 5.41) is 0. The third-order valence-corrected chi connectivity index (χ3v) is 3.65. The maximum Gasteiger partial charge on any atom is 0.410 e. The highest BCUT2D eigenvalue weighted by molar-refractivity contribution is 5.69. The number of carbonyl (C=O) groups is 1. The van der Waals surface area contributed by atoms with E-state index in [4.69, 9.17) is 4.74 Å². The number of aromatic nitrogens is 1. The van der Waals surface area contributed by atoms with Crippen LogP contribution in [0.4, 0.5) is 4.79 Å². The molecule has 20 heavy (non-hydrogen) atoms. The largest absolute Gasteiger partial charge is 0.444 e. The summed E-state index contributed by atoms with van der Waals surface area (Å²) in [7, 11) is 0. The van der Waals surface area contributed by atoms with E-state index in [1.165, 1.54) is 0 Å². The van der Waals surface area contributed by atoms with Gasteiger partial charge in [-0.3, -0.25) is 4.98 Å². The molecule has 0 saturated carbocycles. The van der Waals surface area contributed by atoms with Gasteiger partial charge < -0.3 is 9.64 Å². The molecule has 0 bridgehead atoms. The number of nitrogens with zero attached hydrogens (tertiary/aromatic N) is 2. The van der Waals surface area contributed by atoms with Gasteiger partial charge in [0.1, 0.15) is 5.60 Å². The lowest BCUT2D eigenvalue weighted by Crippen LogP contribution is -2.42. The minimum absolute atomic E-state index is 0.180. The van der Waals surface area contributed by atoms with Gasteiger partial charge in [-0.15, -0.1) is 0 Å². The number of ether oxygens (including phenoxy) is 1. The Kier molecular flexibility index (Phi) is 4.31. The fourth-order valence-electron chi connectivity index (χ4n) is 2.60. The molecule has 1 saturated heterocycles. The van der Waals surface area contributed by atoms with Gasteiger partial charge in [-0.1, -0.05) is 13.0 Å². The lowest BCUT2D eigenvalue weighted by atomic mass is 9.98. The summed E-state index contributed by atoms with van der Waals surface area (Å²) < 4.78 is 5.50. The van der Waals surface area contributed by atoms with Gasteiger partial charge in [0.05, 0.1) is 0 Å². The second kappa shape index (κ2) is 5.81. The molecule has 1 aliphatic heterocycles. The van der Waals surface area contributed by atoms with Gasteiger partial charge in [0, 0.05) is 30.9 Å². The zero-order valence-electron chi connectivity index (χ0n) is 12.8. The number of pyridine rings is 1. The second-order valence-electron chi connectivity index (χ2n) is 6.53. The molecular formula is C16H24N2O2. The first kappa shape index (κ1) is 14.8. The molecule has 1 aromatic rings. The zero-order valence-corrected chi connectivity index (χ0v) is 12.8. The van der Waals surface area contributed by atoms with Crippen LogP contribution < -0.4 is 0 Å². The van der Waals surface area contributed by atoms with E-state index in [9.17, 15) is 4.79 Å². The van der Waals surface area contributed by atoms with Crippen LogP contribution in [0.5, 0.6) is 0 Å². The summed E-state index contributed by atoms with van der Waals surface area (Å²) in [5.74, 6) is 0.476. The van der Waals surface area contributed by atoms with Crippen molar-refractivity contribution < 1.29 is 9.53 Å². The predicted molar refractivity (Wildman–Crippen MR) is 78.5 cm³/mol. The molecule has 2 atom stereocenters. The summed E-state index contributed by atoms with van der Waals surface area (Å²) >= 11 is 0. The third kappa shape index (κ3) is 3.71. The molecule has 2 rings (SSSR count). The Morgan fingerprint density at radius 1 is 1.45 bits per heavy atom. The molecule has 0 radical (unpaired) electrons. The Morgan fingerprint density at radius 3 is 2.80 bits per heavy atom. The summed E-state index contributed by atoms with van der Waals surface area (Å²) in [6.45, 7) is 8.67. The van der Waals surface area contributed by atoms with E-state index in [1.807, 2.05) is 43.9 Å². The highest BCUT2D eigenvalue weighted by atomic mass is 16.6. The Bertz CT molecular complexity index is 453. The maximum atomic E-state index is 12.3. The van der Waals surface area contributed by atoms with Crippen molar-refractivity contribution in [1.82, 2.24) is 9.88 Å². The number of rotatable bonds is 2. The predicted octanol–water partition coefficient (Wildman–Crippen LogP) is 3.27. The first-order valence-electron chi connectivity index (χ1n) is 7.26. The first-order chi connectivity index (χ1) is 9.37. The van der Waals surface area contributed by atoms with Crippen molar-refractivity contribution in [3.05, 3.63) is 30.1 Å². The number of likely N-dealkylation sites (tertiary alicyclic amines) is 1. The van der Waals surface area contributed by atoms with Gasteiger partial charge in [0.15, 0.2) is 0 Å². The van der Waals surface area contributed by atoms with Gasteiger partial charge in [0.25, 0.3) is 0 Å². The van der Waals surface area contributed by atoms with Crippen molar-refractivity contribution in [1.29, 1.82) is 0 Å². The van der Waals surface area contributed by atoms with Crippen molar-refractivity contribution in [3.63, 3.8) is 0 Å². The SMILES string of the molecule is CC1CCN(C(=O)OC(C)(C)C)C1Cc1ccccn1. The van der Waals surface area contributed by atoms with Crippen LogP contribution in [0, 0.1) is 5.92 Å². The molecule has 1 aliphatic rings. The highest BCUT2D eigenvalue weighted by Gasteiger charge is 2.36. The van der Waals surface area contributed by atoms with E-state index in [-0.39, 0.29) is 12.1 Å². The normalized spacial score (nSPS) is 22.9. The van der Waals surface area contributed by atoms with E-state index >= 15 is 0 Å². The van der Waals surface area contributed by atoms with E-state index in [0.717, 1.165) is 25.1 Å². The van der Waals surface area contributed by atoms with Crippen molar-refractivity contribution in [2.45, 2.75) is 52.2 Å². The molecule has 1 aromatic heterocycles. The van der Waals surface area contributed by atoms with E-state index in [1.54, 1.807) is 6.20 Å². The van der Waals surface area contributed by atoms with Gasteiger partial charge >= 0.3 is 6.09 Å². The second-order valence-corrected chi connectivity index (χ2v) is 6.53. The van der Waals surface area contributed by atoms with Crippen LogP contribution in [-0.4, -0.2) is 34.2 Å². The molecule has 4 nitrogen and oxygen atoms in total. The van der Waals surface area contributed by atoms with Crippen molar-refractivity contribution >= 4 is 6.09 Å². The van der Waals surface area contributed by atoms with E-state index in [2.05, 4.69) is 11.9 Å². The third-order valence-electron chi connectivity index (χ3n) is 3.65. The molecule has 2 heterocycles. The van der Waals surface area contributed by atoms with Gasteiger partial charge in [0.2, 0.25) is 0 Å². The number of carbonyl (C=O) groups excluding carboxylic acids is 1. The summed E-state index contributed by atoms with van der Waals surface area (Å²) in [4.78, 5) is 18.5. The average Bonchev–Trinajstić information content (AvgIpc) is 2.70. The van der Waals surface area contributed by atoms with Crippen LogP contribution in [0.1, 0.15) is 39.8 Å². The monoisotopic (exact) mass is 276 g/mol. The number of hydrogen-bond donors (Lipinski definition) is 0. The molecule has 1 amide bonds. The number of amides is 1. The molecule has 4 heteroatoms. The number of hydrogen-bond acceptors (Lipinski definition) is 3. The van der Waals surface area contributed by atoms with E-state index < -0.39 is 5.60 Å². The Morgan fingerprint density at radius 2 is 2.20 bits per heavy atom. The minimum atomic E-state index is -0.446. The van der Waals surface area contributed by atoms with Crippen molar-refractivity contribution in [2.24, 2.45) is 5.92 Å². The van der Waals surface area contributed by atoms with Crippen LogP contribution >= 0.6 is 0 Å². The maximum absolute atomic E-state index is 12.3. The topological polar surface area (TPSA) is 42.4 Å². The molecule has 110 valence electrons. The fraction of sp³-hybridized carbons (Fsp3) is 0.625. The Labute approximate surface area is 121 Å². The van der Waals surface area contributed by atoms with Crippen molar-refractivity contribution in [3.8, 4) is 0 Å². The van der Waals surface area contributed by atoms with Gasteiger partial charge in [-0.25, -0.2) is 4.79 Å². The fourth-order valence-corrected chi connectivity index (χ4v) is 2.60. The van der Waals surface area contributed by atoms with Gasteiger partial charge in [-0.2, -0.15) is 0 Å². The van der Waals surface area contributed by atoms with Gasteiger partial charge in [-0.05, 0) is 45.2 Å². The zero-order chi connectivity index (χ0) is 14.8. The Balaban J connectivity index is 2.07. The minimum Gasteiger partial charge on any atom is -0.444 e. The molecule has 0 aromatic carbocycles. The van der Waals surface area contributed by atoms with Crippen molar-refractivity contribution in [2.75, 3.05) is 6.54 Å². The van der Waals surface area contributed by atoms with Crippen LogP contribution in [0.25, 0.3) is 0 Å². The Hall–Kier alpha value is -1.58. The summed E-state index contributed by atoms with van der Waals surface area (Å²) in [6, 6.07) is 6.09. The van der Waals surface area contributed by atoms with E-state index in [0.29, 0.717) is 5.92 Å². The van der Waals surface area contributed by atoms with Crippen LogP contribution in [0.2, 0.25) is 0 Å². The highest BCUT2D eigenvalue weighted by Crippen LogP contribution is 2.28. The molecule has 0 N–H and O–H groups in total. The lowest BCUT2D eigenvalue weighted by molar-refractivity contribution is 0.0210. The lowest BCUT2D eigenvalue weighted by Gasteiger charge is -2.29.